The van der Waals surface area contributed by atoms with Crippen LogP contribution in [0.15, 0.2) is 28.8 Å². The Labute approximate surface area is 183 Å². The predicted octanol–water partition coefficient (Wildman–Crippen LogP) is 1.54. The van der Waals surface area contributed by atoms with E-state index in [0.29, 0.717) is 18.3 Å². The fraction of sp³-hybridized carbons (Fsp3) is 0.545. The lowest BCUT2D eigenvalue weighted by Gasteiger charge is -2.37. The van der Waals surface area contributed by atoms with E-state index in [9.17, 15) is 9.59 Å². The number of hydrogen-bond donors (Lipinski definition) is 1. The number of aryl methyl sites for hydroxylation is 2. The van der Waals surface area contributed by atoms with Crippen molar-refractivity contribution in [1.29, 1.82) is 0 Å². The predicted molar refractivity (Wildman–Crippen MR) is 117 cm³/mol. The summed E-state index contributed by atoms with van der Waals surface area (Å²) in [5.74, 6) is 1.01. The highest BCUT2D eigenvalue weighted by Gasteiger charge is 2.28. The molecule has 1 aliphatic rings. The maximum atomic E-state index is 12.9. The van der Waals surface area contributed by atoms with E-state index in [4.69, 9.17) is 4.52 Å². The summed E-state index contributed by atoms with van der Waals surface area (Å²) in [7, 11) is 1.68. The minimum atomic E-state index is -0.284. The normalized spacial score (nSPS) is 16.1. The Kier molecular flexibility index (Phi) is 7.75. The van der Waals surface area contributed by atoms with Gasteiger partial charge in [0, 0.05) is 38.9 Å². The molecule has 1 atom stereocenters. The highest BCUT2D eigenvalue weighted by Crippen LogP contribution is 2.16. The summed E-state index contributed by atoms with van der Waals surface area (Å²) >= 11 is 0. The van der Waals surface area contributed by atoms with E-state index in [1.54, 1.807) is 14.0 Å². The molecular formula is C22H32N6O3. The highest BCUT2D eigenvalue weighted by molar-refractivity contribution is 5.95. The van der Waals surface area contributed by atoms with Crippen LogP contribution < -0.4 is 5.32 Å². The van der Waals surface area contributed by atoms with Gasteiger partial charge in [-0.05, 0) is 31.9 Å². The molecule has 0 radical (unpaired) electrons. The third kappa shape index (κ3) is 6.11. The average molecular weight is 429 g/mol. The van der Waals surface area contributed by atoms with Crippen LogP contribution in [0.2, 0.25) is 0 Å². The lowest BCUT2D eigenvalue weighted by molar-refractivity contribution is -0.138. The number of likely N-dealkylation sites (N-methyl/N-ethyl adjacent to an activating group) is 1. The van der Waals surface area contributed by atoms with Crippen molar-refractivity contribution in [3.05, 3.63) is 41.5 Å². The third-order valence-corrected chi connectivity index (χ3v) is 5.67. The first-order valence-corrected chi connectivity index (χ1v) is 10.8. The van der Waals surface area contributed by atoms with E-state index in [1.165, 1.54) is 4.90 Å². The van der Waals surface area contributed by atoms with E-state index in [2.05, 4.69) is 25.3 Å². The zero-order valence-corrected chi connectivity index (χ0v) is 18.8. The molecule has 0 aliphatic carbocycles. The zero-order chi connectivity index (χ0) is 22.4. The van der Waals surface area contributed by atoms with Crippen LogP contribution >= 0.6 is 0 Å². The number of piperazine rings is 1. The third-order valence-electron chi connectivity index (χ3n) is 5.67. The van der Waals surface area contributed by atoms with Gasteiger partial charge in [0.1, 0.15) is 0 Å². The number of amides is 2. The van der Waals surface area contributed by atoms with Crippen LogP contribution in [0, 0.1) is 6.92 Å². The van der Waals surface area contributed by atoms with Gasteiger partial charge in [0.2, 0.25) is 17.7 Å². The first-order valence-electron chi connectivity index (χ1n) is 10.8. The lowest BCUT2D eigenvalue weighted by Crippen LogP contribution is -2.54. The zero-order valence-electron chi connectivity index (χ0n) is 18.8. The average Bonchev–Trinajstić information content (AvgIpc) is 3.18. The Morgan fingerprint density at radius 1 is 1.23 bits per heavy atom. The number of para-hydroxylation sites is 1. The topological polar surface area (TPSA) is 94.8 Å². The maximum Gasteiger partial charge on any atom is 0.243 e. The molecular weight excluding hydrogens is 396 g/mol. The summed E-state index contributed by atoms with van der Waals surface area (Å²) in [4.78, 5) is 35.5. The first-order chi connectivity index (χ1) is 14.9. The van der Waals surface area contributed by atoms with Crippen LogP contribution in [0.4, 0.5) is 5.69 Å². The largest absolute Gasteiger partial charge is 0.338 e. The van der Waals surface area contributed by atoms with Crippen LogP contribution in [0.1, 0.15) is 31.1 Å². The highest BCUT2D eigenvalue weighted by atomic mass is 16.5. The van der Waals surface area contributed by atoms with Crippen molar-refractivity contribution < 1.29 is 14.1 Å². The molecule has 3 rings (SSSR count). The van der Waals surface area contributed by atoms with Crippen molar-refractivity contribution in [2.75, 3.05) is 45.1 Å². The molecule has 9 heteroatoms. The van der Waals surface area contributed by atoms with Gasteiger partial charge in [-0.2, -0.15) is 4.98 Å². The number of aromatic nitrogens is 2. The number of benzene rings is 1. The number of nitrogens with zero attached hydrogens (tertiary/aromatic N) is 5. The van der Waals surface area contributed by atoms with E-state index >= 15 is 0 Å². The fourth-order valence-corrected chi connectivity index (χ4v) is 3.81. The SMILES string of the molecule is CCc1ccccc1NC(=O)CN(C)C(=O)C(C)N1CCN(Cc2nc(C)no2)CC1. The number of carbonyl (C=O) groups excluding carboxylic acids is 2. The number of anilines is 1. The second-order valence-corrected chi connectivity index (χ2v) is 7.98. The molecule has 1 unspecified atom stereocenters. The Morgan fingerprint density at radius 2 is 1.94 bits per heavy atom. The van der Waals surface area contributed by atoms with Crippen LogP contribution in [-0.4, -0.2) is 82.5 Å². The molecule has 1 N–H and O–H groups in total. The van der Waals surface area contributed by atoms with Gasteiger partial charge in [0.15, 0.2) is 5.82 Å². The van der Waals surface area contributed by atoms with Gasteiger partial charge >= 0.3 is 0 Å². The Hall–Kier alpha value is -2.78. The quantitative estimate of drug-likeness (QED) is 0.681. The molecule has 1 saturated heterocycles. The van der Waals surface area contributed by atoms with Crippen LogP contribution in [0.25, 0.3) is 0 Å². The van der Waals surface area contributed by atoms with Crippen molar-refractivity contribution >= 4 is 17.5 Å². The van der Waals surface area contributed by atoms with Crippen molar-refractivity contribution in [2.45, 2.75) is 39.8 Å². The van der Waals surface area contributed by atoms with Gasteiger partial charge in [-0.25, -0.2) is 0 Å². The standard InChI is InChI=1S/C22H32N6O3/c1-5-18-8-6-7-9-19(18)24-20(29)14-26(4)22(30)16(2)28-12-10-27(11-13-28)15-21-23-17(3)25-31-21/h6-9,16H,5,10-15H2,1-4H3,(H,24,29). The molecule has 0 bridgehead atoms. The number of hydrogen-bond acceptors (Lipinski definition) is 7. The summed E-state index contributed by atoms with van der Waals surface area (Å²) in [5.41, 5.74) is 1.88. The van der Waals surface area contributed by atoms with E-state index < -0.39 is 0 Å². The summed E-state index contributed by atoms with van der Waals surface area (Å²) in [5, 5.41) is 6.74. The first kappa shape index (κ1) is 22.9. The minimum absolute atomic E-state index is 0.0255. The summed E-state index contributed by atoms with van der Waals surface area (Å²) in [6, 6.07) is 7.44. The minimum Gasteiger partial charge on any atom is -0.338 e. The van der Waals surface area contributed by atoms with Crippen molar-refractivity contribution in [1.82, 2.24) is 24.8 Å². The number of nitrogens with one attached hydrogen (secondary N) is 1. The molecule has 0 spiro atoms. The molecule has 168 valence electrons. The molecule has 1 aromatic carbocycles. The monoisotopic (exact) mass is 428 g/mol. The molecule has 2 amide bonds. The maximum absolute atomic E-state index is 12.9. The second kappa shape index (κ2) is 10.5. The molecule has 1 fully saturated rings. The van der Waals surface area contributed by atoms with Crippen molar-refractivity contribution in [2.24, 2.45) is 0 Å². The van der Waals surface area contributed by atoms with Gasteiger partial charge in [-0.3, -0.25) is 19.4 Å². The summed E-state index contributed by atoms with van der Waals surface area (Å²) in [6.45, 7) is 9.57. The molecule has 1 aromatic heterocycles. The van der Waals surface area contributed by atoms with Crippen LogP contribution in [0.3, 0.4) is 0 Å². The molecule has 2 heterocycles. The molecule has 9 nitrogen and oxygen atoms in total. The van der Waals surface area contributed by atoms with E-state index in [0.717, 1.165) is 43.9 Å². The van der Waals surface area contributed by atoms with Gasteiger partial charge in [-0.1, -0.05) is 30.3 Å². The van der Waals surface area contributed by atoms with Gasteiger partial charge in [-0.15, -0.1) is 0 Å². The lowest BCUT2D eigenvalue weighted by atomic mass is 10.1. The fourth-order valence-electron chi connectivity index (χ4n) is 3.81. The smallest absolute Gasteiger partial charge is 0.243 e. The van der Waals surface area contributed by atoms with Gasteiger partial charge in [0.05, 0.1) is 19.1 Å². The number of rotatable bonds is 8. The second-order valence-electron chi connectivity index (χ2n) is 7.98. The van der Waals surface area contributed by atoms with Crippen LogP contribution in [-0.2, 0) is 22.6 Å². The molecule has 0 saturated carbocycles. The number of carbonyl (C=O) groups is 2. The summed E-state index contributed by atoms with van der Waals surface area (Å²) < 4.78 is 5.19. The molecule has 31 heavy (non-hydrogen) atoms. The van der Waals surface area contributed by atoms with Crippen LogP contribution in [0.5, 0.6) is 0 Å². The Balaban J connectivity index is 1.46. The van der Waals surface area contributed by atoms with E-state index in [1.807, 2.05) is 38.1 Å². The Bertz CT molecular complexity index is 891. The molecule has 2 aromatic rings. The molecule has 1 aliphatic heterocycles. The Morgan fingerprint density at radius 3 is 2.58 bits per heavy atom. The van der Waals surface area contributed by atoms with Crippen molar-refractivity contribution in [3.8, 4) is 0 Å². The van der Waals surface area contributed by atoms with Gasteiger partial charge in [0.25, 0.3) is 0 Å². The van der Waals surface area contributed by atoms with E-state index in [-0.39, 0.29) is 24.4 Å². The van der Waals surface area contributed by atoms with Crippen molar-refractivity contribution in [3.63, 3.8) is 0 Å². The van der Waals surface area contributed by atoms with Gasteiger partial charge < -0.3 is 14.7 Å². The summed E-state index contributed by atoms with van der Waals surface area (Å²) in [6.07, 6.45) is 0.834.